The maximum Gasteiger partial charge on any atom is 0.254 e. The highest BCUT2D eigenvalue weighted by molar-refractivity contribution is 6.10. The summed E-state index contributed by atoms with van der Waals surface area (Å²) in [6.07, 6.45) is 2.36. The molecule has 0 aliphatic rings. The molecule has 2 heterocycles. The number of halogens is 1. The number of hydrogen-bond donors (Lipinski definition) is 2. The highest BCUT2D eigenvalue weighted by Crippen LogP contribution is 2.29. The molecule has 2 aromatic heterocycles. The van der Waals surface area contributed by atoms with Gasteiger partial charge in [0.05, 0.1) is 53.6 Å². The van der Waals surface area contributed by atoms with Gasteiger partial charge in [-0.25, -0.2) is 9.37 Å². The van der Waals surface area contributed by atoms with Crippen molar-refractivity contribution >= 4 is 33.5 Å². The molecule has 3 rings (SSSR count). The second-order valence-corrected chi connectivity index (χ2v) is 7.27. The lowest BCUT2D eigenvalue weighted by Crippen LogP contribution is -2.39. The van der Waals surface area contributed by atoms with Gasteiger partial charge in [0.1, 0.15) is 11.6 Å². The largest absolute Gasteiger partial charge is 0.480 e. The maximum atomic E-state index is 14.9. The molecule has 0 unspecified atom stereocenters. The Hall–Kier alpha value is -3.86. The lowest BCUT2D eigenvalue weighted by Gasteiger charge is -2.19. The van der Waals surface area contributed by atoms with E-state index in [0.717, 1.165) is 6.42 Å². The minimum absolute atomic E-state index is 0.0724. The summed E-state index contributed by atoms with van der Waals surface area (Å²) in [5.41, 5.74) is 6.96. The molecule has 0 saturated carbocycles. The number of amides is 1. The summed E-state index contributed by atoms with van der Waals surface area (Å²) in [6.45, 7) is 9.88. The van der Waals surface area contributed by atoms with Crippen LogP contribution in [0.3, 0.4) is 0 Å². The molecule has 3 N–H and O–H groups in total. The number of benzene rings is 1. The predicted octanol–water partition coefficient (Wildman–Crippen LogP) is 3.45. The summed E-state index contributed by atoms with van der Waals surface area (Å²) >= 11 is 0. The van der Waals surface area contributed by atoms with E-state index in [4.69, 9.17) is 15.2 Å². The molecule has 0 spiro atoms. The van der Waals surface area contributed by atoms with Crippen molar-refractivity contribution in [3.63, 3.8) is 0 Å². The van der Waals surface area contributed by atoms with Crippen molar-refractivity contribution < 1.29 is 18.7 Å². The SMILES string of the molecule is C=C(N=NC(=C)[C@@H](COCCC)NC(=O)c1cc2c(cc1F)nc(N)c1cnn(C)c12)OC. The van der Waals surface area contributed by atoms with E-state index in [9.17, 15) is 9.18 Å². The van der Waals surface area contributed by atoms with Crippen molar-refractivity contribution in [2.24, 2.45) is 17.3 Å². The van der Waals surface area contributed by atoms with Gasteiger partial charge in [0, 0.05) is 25.1 Å². The van der Waals surface area contributed by atoms with Gasteiger partial charge >= 0.3 is 0 Å². The van der Waals surface area contributed by atoms with Gasteiger partial charge in [-0.05, 0) is 19.1 Å². The van der Waals surface area contributed by atoms with E-state index in [2.05, 4.69) is 38.8 Å². The van der Waals surface area contributed by atoms with Crippen LogP contribution >= 0.6 is 0 Å². The summed E-state index contributed by atoms with van der Waals surface area (Å²) < 4.78 is 26.9. The number of hydrogen-bond acceptors (Lipinski definition) is 8. The molecule has 174 valence electrons. The summed E-state index contributed by atoms with van der Waals surface area (Å²) in [4.78, 5) is 17.3. The molecular formula is C22H26FN7O3. The van der Waals surface area contributed by atoms with Crippen molar-refractivity contribution in [2.75, 3.05) is 26.1 Å². The van der Waals surface area contributed by atoms with Crippen LogP contribution in [0.25, 0.3) is 21.8 Å². The number of pyridine rings is 1. The molecule has 10 nitrogen and oxygen atoms in total. The quantitative estimate of drug-likeness (QED) is 0.274. The first-order valence-electron chi connectivity index (χ1n) is 10.2. The normalized spacial score (nSPS) is 12.4. The van der Waals surface area contributed by atoms with E-state index >= 15 is 0 Å². The fourth-order valence-corrected chi connectivity index (χ4v) is 3.19. The molecule has 0 radical (unpaired) electrons. The average Bonchev–Trinajstić information content (AvgIpc) is 3.18. The molecular weight excluding hydrogens is 429 g/mol. The molecule has 1 atom stereocenters. The number of carbonyl (C=O) groups is 1. The fraction of sp³-hybridized carbons (Fsp3) is 0.318. The minimum atomic E-state index is -0.756. The number of nitrogens with zero attached hydrogens (tertiary/aromatic N) is 5. The van der Waals surface area contributed by atoms with Gasteiger partial charge in [0.25, 0.3) is 5.91 Å². The lowest BCUT2D eigenvalue weighted by atomic mass is 10.1. The highest BCUT2D eigenvalue weighted by atomic mass is 19.1. The van der Waals surface area contributed by atoms with E-state index in [0.29, 0.717) is 28.4 Å². The number of rotatable bonds is 10. The molecule has 0 bridgehead atoms. The molecule has 1 amide bonds. The van der Waals surface area contributed by atoms with Gasteiger partial charge in [-0.15, -0.1) is 5.11 Å². The number of nitrogen functional groups attached to an aromatic ring is 1. The molecule has 0 saturated heterocycles. The number of aryl methyl sites for hydroxylation is 1. The third-order valence-corrected chi connectivity index (χ3v) is 4.91. The number of anilines is 1. The molecule has 33 heavy (non-hydrogen) atoms. The Labute approximate surface area is 190 Å². The average molecular weight is 455 g/mol. The molecule has 0 aliphatic heterocycles. The van der Waals surface area contributed by atoms with Crippen LogP contribution in [-0.4, -0.2) is 47.0 Å². The summed E-state index contributed by atoms with van der Waals surface area (Å²) in [7, 11) is 3.13. The first-order valence-corrected chi connectivity index (χ1v) is 10.2. The van der Waals surface area contributed by atoms with Crippen molar-refractivity contribution in [2.45, 2.75) is 19.4 Å². The summed E-state index contributed by atoms with van der Waals surface area (Å²) in [5, 5.41) is 15.8. The maximum absolute atomic E-state index is 14.9. The van der Waals surface area contributed by atoms with Crippen LogP contribution in [-0.2, 0) is 16.5 Å². The Bertz CT molecular complexity index is 1250. The number of fused-ring (bicyclic) bond motifs is 3. The Morgan fingerprint density at radius 1 is 1.33 bits per heavy atom. The Balaban J connectivity index is 1.95. The van der Waals surface area contributed by atoms with E-state index in [1.807, 2.05) is 6.92 Å². The Kier molecular flexibility index (Phi) is 7.34. The van der Waals surface area contributed by atoms with Crippen LogP contribution in [0.15, 0.2) is 53.3 Å². The van der Waals surface area contributed by atoms with Gasteiger partial charge in [0.15, 0.2) is 0 Å². The van der Waals surface area contributed by atoms with Crippen LogP contribution in [0.5, 0.6) is 0 Å². The van der Waals surface area contributed by atoms with Crippen molar-refractivity contribution in [3.8, 4) is 0 Å². The van der Waals surface area contributed by atoms with E-state index in [1.165, 1.54) is 19.2 Å². The minimum Gasteiger partial charge on any atom is -0.480 e. The second kappa shape index (κ2) is 10.2. The molecule has 0 aliphatic carbocycles. The first kappa shape index (κ1) is 23.8. The fourth-order valence-electron chi connectivity index (χ4n) is 3.19. The van der Waals surface area contributed by atoms with Crippen LogP contribution in [0.2, 0.25) is 0 Å². The number of methoxy groups -OCH3 is 1. The zero-order chi connectivity index (χ0) is 24.1. The highest BCUT2D eigenvalue weighted by Gasteiger charge is 2.22. The van der Waals surface area contributed by atoms with Gasteiger partial charge in [-0.2, -0.15) is 10.2 Å². The summed E-state index contributed by atoms with van der Waals surface area (Å²) in [5.74, 6) is -1.12. The number of aromatic nitrogens is 3. The van der Waals surface area contributed by atoms with Crippen molar-refractivity contribution in [1.29, 1.82) is 0 Å². The second-order valence-electron chi connectivity index (χ2n) is 7.27. The number of ether oxygens (including phenoxy) is 2. The Morgan fingerprint density at radius 3 is 2.79 bits per heavy atom. The zero-order valence-corrected chi connectivity index (χ0v) is 18.8. The first-order chi connectivity index (χ1) is 15.8. The van der Waals surface area contributed by atoms with Gasteiger partial charge in [-0.3, -0.25) is 9.48 Å². The number of nitrogens with one attached hydrogen (secondary N) is 1. The Morgan fingerprint density at radius 2 is 2.09 bits per heavy atom. The molecule has 0 fully saturated rings. The van der Waals surface area contributed by atoms with Gasteiger partial charge in [0.2, 0.25) is 5.88 Å². The summed E-state index contributed by atoms with van der Waals surface area (Å²) in [6, 6.07) is 1.85. The van der Waals surface area contributed by atoms with Crippen LogP contribution in [0.4, 0.5) is 10.2 Å². The number of nitrogens with two attached hydrogens (primary N) is 1. The van der Waals surface area contributed by atoms with E-state index < -0.39 is 17.8 Å². The predicted molar refractivity (Wildman–Crippen MR) is 123 cm³/mol. The topological polar surface area (TPSA) is 129 Å². The van der Waals surface area contributed by atoms with E-state index in [1.54, 1.807) is 17.9 Å². The van der Waals surface area contributed by atoms with Crippen LogP contribution in [0, 0.1) is 5.82 Å². The monoisotopic (exact) mass is 455 g/mol. The third kappa shape index (κ3) is 5.14. The van der Waals surface area contributed by atoms with Gasteiger partial charge < -0.3 is 20.5 Å². The van der Waals surface area contributed by atoms with Crippen molar-refractivity contribution in [1.82, 2.24) is 20.1 Å². The lowest BCUT2D eigenvalue weighted by molar-refractivity contribution is 0.0863. The smallest absolute Gasteiger partial charge is 0.254 e. The zero-order valence-electron chi connectivity index (χ0n) is 18.8. The number of carbonyl (C=O) groups excluding carboxylic acids is 1. The standard InChI is InChI=1S/C22H26FN7O3/c1-6-7-33-11-19(12(2)28-29-13(3)32-5)27-22(31)14-8-15-18(9-17(14)23)26-21(24)16-10-25-30(4)20(15)16/h8-10,19H,2-3,6-7,11H2,1,4-5H3,(H2,24,26)(H,27,31)/t19-/m1/s1. The molecule has 3 aromatic rings. The third-order valence-electron chi connectivity index (χ3n) is 4.91. The number of azo groups is 1. The van der Waals surface area contributed by atoms with E-state index in [-0.39, 0.29) is 29.6 Å². The van der Waals surface area contributed by atoms with Crippen molar-refractivity contribution in [3.05, 3.63) is 54.4 Å². The molecule has 11 heteroatoms. The van der Waals surface area contributed by atoms with Crippen LogP contribution < -0.4 is 11.1 Å². The van der Waals surface area contributed by atoms with Crippen LogP contribution in [0.1, 0.15) is 23.7 Å². The molecule has 1 aromatic carbocycles. The van der Waals surface area contributed by atoms with Gasteiger partial charge in [-0.1, -0.05) is 13.5 Å².